The molecule has 0 aliphatic carbocycles. The van der Waals surface area contributed by atoms with E-state index in [2.05, 4.69) is 5.32 Å². The van der Waals surface area contributed by atoms with E-state index in [9.17, 15) is 14.7 Å². The van der Waals surface area contributed by atoms with Gasteiger partial charge >= 0.3 is 0 Å². The van der Waals surface area contributed by atoms with Gasteiger partial charge in [-0.25, -0.2) is 0 Å². The van der Waals surface area contributed by atoms with Crippen molar-refractivity contribution in [2.75, 3.05) is 7.11 Å². The summed E-state index contributed by atoms with van der Waals surface area (Å²) in [5.41, 5.74) is 2.20. The van der Waals surface area contributed by atoms with Gasteiger partial charge in [0.2, 0.25) is 0 Å². The SMILES string of the molecule is COc1ccc(CCC(=O)CC2CCCC(CC(=O)CCc3ccc(O)cc3)N2)cc1. The zero-order valence-corrected chi connectivity index (χ0v) is 18.3. The minimum Gasteiger partial charge on any atom is -0.508 e. The molecule has 0 saturated carbocycles. The first-order chi connectivity index (χ1) is 15.0. The Morgan fingerprint density at radius 1 is 0.871 bits per heavy atom. The molecule has 5 nitrogen and oxygen atoms in total. The lowest BCUT2D eigenvalue weighted by Crippen LogP contribution is -2.44. The molecule has 1 heterocycles. The van der Waals surface area contributed by atoms with Crippen molar-refractivity contribution in [1.82, 2.24) is 5.32 Å². The van der Waals surface area contributed by atoms with E-state index in [0.29, 0.717) is 32.1 Å². The second-order valence-electron chi connectivity index (χ2n) is 8.49. The lowest BCUT2D eigenvalue weighted by Gasteiger charge is -2.30. The van der Waals surface area contributed by atoms with Gasteiger partial charge in [0, 0.05) is 37.8 Å². The number of rotatable bonds is 11. The monoisotopic (exact) mass is 423 g/mol. The molecule has 0 spiro atoms. The third-order valence-electron chi connectivity index (χ3n) is 6.01. The molecule has 2 atom stereocenters. The number of phenolic OH excluding ortho intramolecular Hbond substituents is 1. The molecule has 166 valence electrons. The Hall–Kier alpha value is -2.66. The highest BCUT2D eigenvalue weighted by atomic mass is 16.5. The van der Waals surface area contributed by atoms with Gasteiger partial charge in [-0.15, -0.1) is 0 Å². The summed E-state index contributed by atoms with van der Waals surface area (Å²) >= 11 is 0. The molecule has 2 aromatic carbocycles. The van der Waals surface area contributed by atoms with Crippen LogP contribution in [0.4, 0.5) is 0 Å². The number of Topliss-reactive ketones (excluding diaryl/α,β-unsaturated/α-hetero) is 2. The van der Waals surface area contributed by atoms with E-state index >= 15 is 0 Å². The normalized spacial score (nSPS) is 18.5. The minimum atomic E-state index is 0.167. The molecular formula is C26H33NO4. The maximum atomic E-state index is 12.5. The fourth-order valence-corrected chi connectivity index (χ4v) is 4.21. The van der Waals surface area contributed by atoms with Crippen LogP contribution in [0.3, 0.4) is 0 Å². The van der Waals surface area contributed by atoms with Crippen LogP contribution < -0.4 is 10.1 Å². The lowest BCUT2D eigenvalue weighted by atomic mass is 9.91. The van der Waals surface area contributed by atoms with E-state index in [1.165, 1.54) is 0 Å². The summed E-state index contributed by atoms with van der Waals surface area (Å²) in [6, 6.07) is 15.2. The average Bonchev–Trinajstić information content (AvgIpc) is 2.78. The summed E-state index contributed by atoms with van der Waals surface area (Å²) in [4.78, 5) is 24.9. The number of carbonyl (C=O) groups excluding carboxylic acids is 2. The van der Waals surface area contributed by atoms with Crippen molar-refractivity contribution < 1.29 is 19.4 Å². The number of phenols is 1. The standard InChI is InChI=1S/C26H33NO4/c1-31-26-15-9-20(10-16-26)8-14-25(30)18-22-4-2-3-21(27-22)17-24(29)13-7-19-5-11-23(28)12-6-19/h5-6,9-12,15-16,21-22,27-28H,2-4,7-8,13-14,17-18H2,1H3. The molecule has 0 aromatic heterocycles. The smallest absolute Gasteiger partial charge is 0.134 e. The summed E-state index contributed by atoms with van der Waals surface area (Å²) in [5.74, 6) is 1.58. The molecule has 0 bridgehead atoms. The fourth-order valence-electron chi connectivity index (χ4n) is 4.21. The van der Waals surface area contributed by atoms with Gasteiger partial charge in [-0.3, -0.25) is 9.59 Å². The van der Waals surface area contributed by atoms with Crippen LogP contribution in [0.2, 0.25) is 0 Å². The average molecular weight is 424 g/mol. The lowest BCUT2D eigenvalue weighted by molar-refractivity contribution is -0.119. The number of aromatic hydroxyl groups is 1. The number of ketones is 2. The van der Waals surface area contributed by atoms with Crippen LogP contribution >= 0.6 is 0 Å². The largest absolute Gasteiger partial charge is 0.508 e. The Labute approximate surface area is 184 Å². The predicted octanol–water partition coefficient (Wildman–Crippen LogP) is 4.40. The number of carbonyl (C=O) groups is 2. The first kappa shape index (κ1) is 23.0. The van der Waals surface area contributed by atoms with Crippen molar-refractivity contribution in [3.05, 3.63) is 59.7 Å². The number of piperidine rings is 1. The molecule has 1 fully saturated rings. The molecule has 3 rings (SSSR count). The topological polar surface area (TPSA) is 75.6 Å². The number of nitrogens with one attached hydrogen (secondary N) is 1. The highest BCUT2D eigenvalue weighted by Crippen LogP contribution is 2.20. The number of aryl methyl sites for hydroxylation is 2. The summed E-state index contributed by atoms with van der Waals surface area (Å²) in [5, 5.41) is 12.9. The summed E-state index contributed by atoms with van der Waals surface area (Å²) in [7, 11) is 1.65. The highest BCUT2D eigenvalue weighted by molar-refractivity contribution is 5.80. The Balaban J connectivity index is 1.37. The summed E-state index contributed by atoms with van der Waals surface area (Å²) in [6.07, 6.45) is 6.58. The molecule has 1 aliphatic heterocycles. The highest BCUT2D eigenvalue weighted by Gasteiger charge is 2.24. The summed E-state index contributed by atoms with van der Waals surface area (Å²) in [6.45, 7) is 0. The number of methoxy groups -OCH3 is 1. The Morgan fingerprint density at radius 2 is 1.35 bits per heavy atom. The van der Waals surface area contributed by atoms with E-state index < -0.39 is 0 Å². The van der Waals surface area contributed by atoms with E-state index in [1.54, 1.807) is 19.2 Å². The molecule has 1 saturated heterocycles. The molecule has 1 aliphatic rings. The van der Waals surface area contributed by atoms with Crippen molar-refractivity contribution in [1.29, 1.82) is 0 Å². The zero-order valence-electron chi connectivity index (χ0n) is 18.3. The quantitative estimate of drug-likeness (QED) is 0.560. The second-order valence-corrected chi connectivity index (χ2v) is 8.49. The van der Waals surface area contributed by atoms with Crippen molar-refractivity contribution >= 4 is 11.6 Å². The zero-order chi connectivity index (χ0) is 22.1. The van der Waals surface area contributed by atoms with Gasteiger partial charge in [0.1, 0.15) is 23.1 Å². The fraction of sp³-hybridized carbons (Fsp3) is 0.462. The van der Waals surface area contributed by atoms with E-state index in [-0.39, 0.29) is 29.4 Å². The van der Waals surface area contributed by atoms with E-state index in [1.807, 2.05) is 36.4 Å². The Kier molecular flexibility index (Phi) is 8.65. The van der Waals surface area contributed by atoms with Crippen LogP contribution in [0.1, 0.15) is 56.1 Å². The predicted molar refractivity (Wildman–Crippen MR) is 122 cm³/mol. The Morgan fingerprint density at radius 3 is 1.84 bits per heavy atom. The van der Waals surface area contributed by atoms with Crippen LogP contribution in [0.15, 0.2) is 48.5 Å². The van der Waals surface area contributed by atoms with Crippen LogP contribution in [0.25, 0.3) is 0 Å². The van der Waals surface area contributed by atoms with Gasteiger partial charge in [-0.1, -0.05) is 30.7 Å². The molecule has 31 heavy (non-hydrogen) atoms. The third kappa shape index (κ3) is 7.83. The van der Waals surface area contributed by atoms with Gasteiger partial charge in [-0.05, 0) is 61.1 Å². The van der Waals surface area contributed by atoms with Crippen LogP contribution in [0, 0.1) is 0 Å². The molecule has 0 radical (unpaired) electrons. The van der Waals surface area contributed by atoms with Crippen LogP contribution in [0.5, 0.6) is 11.5 Å². The molecule has 2 aromatic rings. The molecular weight excluding hydrogens is 390 g/mol. The van der Waals surface area contributed by atoms with Crippen molar-refractivity contribution in [3.63, 3.8) is 0 Å². The Bertz CT molecular complexity index is 845. The van der Waals surface area contributed by atoms with E-state index in [0.717, 1.165) is 42.6 Å². The second kappa shape index (κ2) is 11.7. The maximum Gasteiger partial charge on any atom is 0.134 e. The number of hydrogen-bond acceptors (Lipinski definition) is 5. The van der Waals surface area contributed by atoms with Gasteiger partial charge in [-0.2, -0.15) is 0 Å². The molecule has 2 unspecified atom stereocenters. The minimum absolute atomic E-state index is 0.167. The van der Waals surface area contributed by atoms with Gasteiger partial charge in [0.25, 0.3) is 0 Å². The summed E-state index contributed by atoms with van der Waals surface area (Å²) < 4.78 is 5.17. The van der Waals surface area contributed by atoms with Crippen LogP contribution in [-0.2, 0) is 22.4 Å². The van der Waals surface area contributed by atoms with Crippen LogP contribution in [-0.4, -0.2) is 35.9 Å². The number of ether oxygens (including phenoxy) is 1. The van der Waals surface area contributed by atoms with Crippen molar-refractivity contribution in [3.8, 4) is 11.5 Å². The maximum absolute atomic E-state index is 12.5. The molecule has 5 heteroatoms. The third-order valence-corrected chi connectivity index (χ3v) is 6.01. The van der Waals surface area contributed by atoms with Gasteiger partial charge in [0.15, 0.2) is 0 Å². The van der Waals surface area contributed by atoms with Gasteiger partial charge in [0.05, 0.1) is 7.11 Å². The van der Waals surface area contributed by atoms with E-state index in [4.69, 9.17) is 4.74 Å². The first-order valence-electron chi connectivity index (χ1n) is 11.2. The van der Waals surface area contributed by atoms with Gasteiger partial charge < -0.3 is 15.2 Å². The van der Waals surface area contributed by atoms with Crippen molar-refractivity contribution in [2.24, 2.45) is 0 Å². The molecule has 2 N–H and O–H groups in total. The number of benzene rings is 2. The van der Waals surface area contributed by atoms with Crippen molar-refractivity contribution in [2.45, 2.75) is 69.9 Å². The molecule has 0 amide bonds. The first-order valence-corrected chi connectivity index (χ1v) is 11.2. The number of hydrogen-bond donors (Lipinski definition) is 2.